The van der Waals surface area contributed by atoms with E-state index in [2.05, 4.69) is 20.4 Å². The number of rotatable bonds is 0. The molecule has 0 aliphatic carbocycles. The lowest BCUT2D eigenvalue weighted by Gasteiger charge is -1.75. The van der Waals surface area contributed by atoms with E-state index in [1.807, 2.05) is 4.98 Å². The Morgan fingerprint density at radius 3 is 2.14 bits per heavy atom. The Morgan fingerprint density at radius 1 is 1.14 bits per heavy atom. The minimum absolute atomic E-state index is 0.381. The lowest BCUT2D eigenvalue weighted by atomic mass is 10.7. The smallest absolute Gasteiger partial charge is 0.314 e. The average Bonchev–Trinajstić information content (AvgIpc) is 2.21. The number of H-pyrrole nitrogens is 2. The van der Waals surface area contributed by atoms with Crippen LogP contribution in [0.5, 0.6) is 0 Å². The first kappa shape index (κ1) is 9.78. The highest BCUT2D eigenvalue weighted by Crippen LogP contribution is 1.61. The monoisotopic (exact) mass is 193 g/mol. The molecule has 14 heavy (non-hydrogen) atoms. The highest BCUT2D eigenvalue weighted by atomic mass is 16.2. The van der Waals surface area contributed by atoms with E-state index >= 15 is 0 Å². The Balaban J connectivity index is 0.000000146. The maximum Gasteiger partial charge on any atom is 0.325 e. The van der Waals surface area contributed by atoms with Crippen molar-refractivity contribution in [2.24, 2.45) is 0 Å². The fourth-order valence-corrected chi connectivity index (χ4v) is 0.588. The van der Waals surface area contributed by atoms with E-state index in [1.165, 1.54) is 12.3 Å². The zero-order valence-electron chi connectivity index (χ0n) is 7.04. The van der Waals surface area contributed by atoms with Crippen LogP contribution in [0, 0.1) is 0 Å². The van der Waals surface area contributed by atoms with Gasteiger partial charge in [-0.25, -0.2) is 4.79 Å². The molecule has 0 aliphatic rings. The first-order valence-electron chi connectivity index (χ1n) is 3.65. The second-order valence-corrected chi connectivity index (χ2v) is 2.11. The molecule has 0 unspecified atom stereocenters. The molecule has 0 spiro atoms. The van der Waals surface area contributed by atoms with Crippen molar-refractivity contribution < 1.29 is 0 Å². The van der Waals surface area contributed by atoms with Gasteiger partial charge in [-0.3, -0.25) is 9.78 Å². The molecule has 2 N–H and O–H groups in total. The van der Waals surface area contributed by atoms with Gasteiger partial charge in [0.15, 0.2) is 0 Å². The summed E-state index contributed by atoms with van der Waals surface area (Å²) in [6, 6.07) is 2.95. The summed E-state index contributed by atoms with van der Waals surface area (Å²) in [5.74, 6) is 0. The number of hydrogen-bond donors (Lipinski definition) is 2. The van der Waals surface area contributed by atoms with Crippen molar-refractivity contribution in [3.8, 4) is 0 Å². The SMILES string of the molecule is O=c1cc[nH]c(=O)[nH]1.c1cnnnc1. The van der Waals surface area contributed by atoms with E-state index in [-0.39, 0.29) is 5.56 Å². The molecule has 0 aromatic carbocycles. The molecule has 2 rings (SSSR count). The molecular formula is C7H7N5O2. The third-order valence-electron chi connectivity index (χ3n) is 1.09. The van der Waals surface area contributed by atoms with Crippen LogP contribution in [0.3, 0.4) is 0 Å². The molecule has 0 saturated carbocycles. The van der Waals surface area contributed by atoms with E-state index in [0.717, 1.165) is 0 Å². The minimum Gasteiger partial charge on any atom is -0.314 e. The van der Waals surface area contributed by atoms with Crippen molar-refractivity contribution in [1.82, 2.24) is 25.4 Å². The van der Waals surface area contributed by atoms with Crippen LogP contribution in [0.15, 0.2) is 40.3 Å². The lowest BCUT2D eigenvalue weighted by molar-refractivity contribution is 0.865. The number of aromatic nitrogens is 5. The summed E-state index contributed by atoms with van der Waals surface area (Å²) in [5, 5.41) is 10.1. The Hall–Kier alpha value is -2.31. The van der Waals surface area contributed by atoms with Crippen molar-refractivity contribution in [3.05, 3.63) is 51.6 Å². The number of nitrogens with zero attached hydrogens (tertiary/aromatic N) is 3. The first-order chi connectivity index (χ1) is 6.79. The van der Waals surface area contributed by atoms with Crippen LogP contribution < -0.4 is 11.2 Å². The molecule has 0 fully saturated rings. The highest BCUT2D eigenvalue weighted by molar-refractivity contribution is 4.77. The molecule has 7 heteroatoms. The molecule has 2 heterocycles. The number of hydrogen-bond acceptors (Lipinski definition) is 5. The second-order valence-electron chi connectivity index (χ2n) is 2.11. The van der Waals surface area contributed by atoms with Gasteiger partial charge >= 0.3 is 5.69 Å². The topological polar surface area (TPSA) is 104 Å². The molecule has 0 atom stereocenters. The summed E-state index contributed by atoms with van der Waals surface area (Å²) >= 11 is 0. The van der Waals surface area contributed by atoms with Gasteiger partial charge in [-0.05, 0) is 11.3 Å². The average molecular weight is 193 g/mol. The van der Waals surface area contributed by atoms with Gasteiger partial charge in [0, 0.05) is 12.3 Å². The van der Waals surface area contributed by atoms with Crippen molar-refractivity contribution in [2.45, 2.75) is 0 Å². The predicted molar refractivity (Wildman–Crippen MR) is 47.5 cm³/mol. The summed E-state index contributed by atoms with van der Waals surface area (Å²) in [6.45, 7) is 0. The van der Waals surface area contributed by atoms with Crippen LogP contribution in [0.25, 0.3) is 0 Å². The fourth-order valence-electron chi connectivity index (χ4n) is 0.588. The third kappa shape index (κ3) is 3.90. The van der Waals surface area contributed by atoms with Crippen LogP contribution in [-0.2, 0) is 0 Å². The maximum absolute atomic E-state index is 10.2. The maximum atomic E-state index is 10.2. The molecule has 0 amide bonds. The van der Waals surface area contributed by atoms with Crippen molar-refractivity contribution in [2.75, 3.05) is 0 Å². The summed E-state index contributed by atoms with van der Waals surface area (Å²) in [6.07, 6.45) is 4.45. The molecule has 72 valence electrons. The molecule has 0 saturated heterocycles. The van der Waals surface area contributed by atoms with Crippen LogP contribution in [-0.4, -0.2) is 25.4 Å². The zero-order chi connectivity index (χ0) is 10.2. The Kier molecular flexibility index (Phi) is 3.74. The summed E-state index contributed by atoms with van der Waals surface area (Å²) in [4.78, 5) is 24.7. The Morgan fingerprint density at radius 2 is 1.86 bits per heavy atom. The predicted octanol–water partition coefficient (Wildman–Crippen LogP) is -1.07. The second kappa shape index (κ2) is 5.36. The normalized spacial score (nSPS) is 8.57. The van der Waals surface area contributed by atoms with Gasteiger partial charge in [0.25, 0.3) is 5.56 Å². The van der Waals surface area contributed by atoms with Gasteiger partial charge in [0.2, 0.25) is 0 Å². The standard InChI is InChI=1S/C4H4N2O2.C3H3N3/c7-3-1-2-5-4(8)6-3;1-2-4-6-5-3-1/h1-2H,(H2,5,6,7,8);1-3H. The molecule has 2 aromatic heterocycles. The zero-order valence-corrected chi connectivity index (χ0v) is 7.04. The summed E-state index contributed by atoms with van der Waals surface area (Å²) in [5.41, 5.74) is -0.855. The fraction of sp³-hybridized carbons (Fsp3) is 0. The Labute approximate surface area is 77.9 Å². The van der Waals surface area contributed by atoms with Gasteiger partial charge in [0.1, 0.15) is 0 Å². The van der Waals surface area contributed by atoms with Gasteiger partial charge in [-0.1, -0.05) is 0 Å². The van der Waals surface area contributed by atoms with Crippen LogP contribution in [0.2, 0.25) is 0 Å². The molecule has 0 radical (unpaired) electrons. The van der Waals surface area contributed by atoms with E-state index in [9.17, 15) is 9.59 Å². The summed E-state index contributed by atoms with van der Waals surface area (Å²) in [7, 11) is 0. The van der Waals surface area contributed by atoms with Gasteiger partial charge in [0.05, 0.1) is 12.4 Å². The van der Waals surface area contributed by atoms with Crippen molar-refractivity contribution in [1.29, 1.82) is 0 Å². The molecule has 7 nitrogen and oxygen atoms in total. The van der Waals surface area contributed by atoms with Crippen LogP contribution >= 0.6 is 0 Å². The van der Waals surface area contributed by atoms with E-state index < -0.39 is 5.69 Å². The molecule has 0 aliphatic heterocycles. The molecular weight excluding hydrogens is 186 g/mol. The summed E-state index contributed by atoms with van der Waals surface area (Å²) < 4.78 is 0. The number of nitrogens with one attached hydrogen (secondary N) is 2. The number of aromatic amines is 2. The minimum atomic E-state index is -0.475. The van der Waals surface area contributed by atoms with Crippen LogP contribution in [0.1, 0.15) is 0 Å². The first-order valence-corrected chi connectivity index (χ1v) is 3.65. The lowest BCUT2D eigenvalue weighted by Crippen LogP contribution is -2.19. The molecule has 2 aromatic rings. The van der Waals surface area contributed by atoms with E-state index in [0.29, 0.717) is 0 Å². The van der Waals surface area contributed by atoms with E-state index in [1.54, 1.807) is 18.5 Å². The molecule has 0 bridgehead atoms. The quantitative estimate of drug-likeness (QED) is 0.554. The highest BCUT2D eigenvalue weighted by Gasteiger charge is 1.77. The van der Waals surface area contributed by atoms with Crippen LogP contribution in [0.4, 0.5) is 0 Å². The van der Waals surface area contributed by atoms with Gasteiger partial charge in [-0.2, -0.15) is 0 Å². The van der Waals surface area contributed by atoms with E-state index in [4.69, 9.17) is 0 Å². The largest absolute Gasteiger partial charge is 0.325 e. The van der Waals surface area contributed by atoms with Gasteiger partial charge in [-0.15, -0.1) is 10.2 Å². The third-order valence-corrected chi connectivity index (χ3v) is 1.09. The van der Waals surface area contributed by atoms with Crippen molar-refractivity contribution in [3.63, 3.8) is 0 Å². The van der Waals surface area contributed by atoms with Gasteiger partial charge < -0.3 is 4.98 Å². The van der Waals surface area contributed by atoms with Crippen molar-refractivity contribution >= 4 is 0 Å². The Bertz CT molecular complexity index is 411.